The van der Waals surface area contributed by atoms with Crippen LogP contribution < -0.4 is 15.4 Å². The molecular weight excluding hydrogens is 452 g/mol. The van der Waals surface area contributed by atoms with Gasteiger partial charge in [0, 0.05) is 25.6 Å². The smallest absolute Gasteiger partial charge is 0.353 e. The molecule has 0 saturated carbocycles. The second-order valence-electron chi connectivity index (χ2n) is 8.07. The lowest BCUT2D eigenvalue weighted by molar-refractivity contribution is -0.121. The monoisotopic (exact) mass is 480 g/mol. The molecular formula is C24H28N6O3S. The van der Waals surface area contributed by atoms with Gasteiger partial charge in [-0.15, -0.1) is 21.5 Å². The van der Waals surface area contributed by atoms with Crippen LogP contribution in [0.15, 0.2) is 29.6 Å². The molecule has 1 amide bonds. The summed E-state index contributed by atoms with van der Waals surface area (Å²) in [5.41, 5.74) is 3.03. The summed E-state index contributed by atoms with van der Waals surface area (Å²) >= 11 is 1.36. The minimum Gasteiger partial charge on any atom is -0.422 e. The average molecular weight is 481 g/mol. The number of carbonyl (C=O) groups is 2. The first-order chi connectivity index (χ1) is 16.5. The van der Waals surface area contributed by atoms with E-state index in [1.54, 1.807) is 12.1 Å². The molecule has 0 unspecified atom stereocenters. The van der Waals surface area contributed by atoms with Crippen molar-refractivity contribution in [2.75, 3.05) is 18.4 Å². The first-order valence-corrected chi connectivity index (χ1v) is 12.3. The number of aryl methyl sites for hydroxylation is 2. The second kappa shape index (κ2) is 10.6. The van der Waals surface area contributed by atoms with Crippen LogP contribution in [0.1, 0.15) is 53.7 Å². The van der Waals surface area contributed by atoms with Gasteiger partial charge in [0.05, 0.1) is 11.0 Å². The fraction of sp³-hybridized carbons (Fsp3) is 0.375. The van der Waals surface area contributed by atoms with Crippen molar-refractivity contribution >= 4 is 45.7 Å². The number of thiophene rings is 1. The molecule has 178 valence electrons. The Labute approximate surface area is 201 Å². The molecule has 0 aliphatic heterocycles. The number of carbonyl (C=O) groups excluding carboxylic acids is 2. The van der Waals surface area contributed by atoms with Crippen molar-refractivity contribution in [3.05, 3.63) is 45.9 Å². The number of hydrogen-bond donors (Lipinski definition) is 2. The summed E-state index contributed by atoms with van der Waals surface area (Å²) in [6, 6.07) is 7.26. The Bertz CT molecular complexity index is 1330. The zero-order valence-corrected chi connectivity index (χ0v) is 20.4. The van der Waals surface area contributed by atoms with Crippen molar-refractivity contribution in [2.45, 2.75) is 46.5 Å². The summed E-state index contributed by atoms with van der Waals surface area (Å²) < 4.78 is 7.54. The van der Waals surface area contributed by atoms with Crippen molar-refractivity contribution in [3.8, 4) is 5.75 Å². The van der Waals surface area contributed by atoms with Crippen molar-refractivity contribution in [1.29, 1.82) is 0 Å². The van der Waals surface area contributed by atoms with E-state index in [1.807, 2.05) is 42.7 Å². The molecule has 0 aliphatic rings. The number of aromatic nitrogens is 4. The number of anilines is 1. The molecule has 2 N–H and O–H groups in total. The van der Waals surface area contributed by atoms with Crippen LogP contribution in [0.5, 0.6) is 5.75 Å². The summed E-state index contributed by atoms with van der Waals surface area (Å²) in [6.07, 6.45) is 3.14. The number of ether oxygens (including phenoxy) is 1. The van der Waals surface area contributed by atoms with Gasteiger partial charge < -0.3 is 15.4 Å². The van der Waals surface area contributed by atoms with E-state index in [4.69, 9.17) is 9.72 Å². The number of fused-ring (bicyclic) bond motifs is 3. The highest BCUT2D eigenvalue weighted by Crippen LogP contribution is 2.26. The predicted octanol–water partition coefficient (Wildman–Crippen LogP) is 4.28. The van der Waals surface area contributed by atoms with Gasteiger partial charge in [-0.2, -0.15) is 0 Å². The van der Waals surface area contributed by atoms with Gasteiger partial charge in [-0.1, -0.05) is 6.92 Å². The van der Waals surface area contributed by atoms with Gasteiger partial charge in [0.25, 0.3) is 0 Å². The molecule has 4 aromatic rings. The summed E-state index contributed by atoms with van der Waals surface area (Å²) in [6.45, 7) is 7.09. The molecule has 10 heteroatoms. The van der Waals surface area contributed by atoms with E-state index in [9.17, 15) is 9.59 Å². The Morgan fingerprint density at radius 1 is 1.12 bits per heavy atom. The van der Waals surface area contributed by atoms with Crippen molar-refractivity contribution in [2.24, 2.45) is 0 Å². The Morgan fingerprint density at radius 2 is 1.94 bits per heavy atom. The highest BCUT2D eigenvalue weighted by Gasteiger charge is 2.16. The van der Waals surface area contributed by atoms with Crippen LogP contribution in [-0.2, 0) is 4.79 Å². The minimum atomic E-state index is -0.377. The quantitative estimate of drug-likeness (QED) is 0.198. The fourth-order valence-electron chi connectivity index (χ4n) is 3.67. The summed E-state index contributed by atoms with van der Waals surface area (Å²) in [4.78, 5) is 29.4. The van der Waals surface area contributed by atoms with Gasteiger partial charge in [0.15, 0.2) is 5.82 Å². The van der Waals surface area contributed by atoms with Gasteiger partial charge in [-0.3, -0.25) is 9.20 Å². The lowest BCUT2D eigenvalue weighted by Crippen LogP contribution is -2.24. The van der Waals surface area contributed by atoms with Gasteiger partial charge in [-0.25, -0.2) is 9.78 Å². The summed E-state index contributed by atoms with van der Waals surface area (Å²) in [5, 5.41) is 16.6. The first kappa shape index (κ1) is 23.6. The van der Waals surface area contributed by atoms with E-state index in [-0.39, 0.29) is 11.9 Å². The van der Waals surface area contributed by atoms with E-state index in [1.165, 1.54) is 11.3 Å². The second-order valence-corrected chi connectivity index (χ2v) is 8.99. The Morgan fingerprint density at radius 3 is 2.71 bits per heavy atom. The van der Waals surface area contributed by atoms with Crippen LogP contribution in [-0.4, -0.2) is 44.5 Å². The highest BCUT2D eigenvalue weighted by molar-refractivity contribution is 7.12. The lowest BCUT2D eigenvalue weighted by Gasteiger charge is -2.11. The maximum atomic E-state index is 12.5. The van der Waals surface area contributed by atoms with E-state index in [0.29, 0.717) is 47.1 Å². The number of esters is 1. The molecule has 0 radical (unpaired) electrons. The van der Waals surface area contributed by atoms with E-state index < -0.39 is 0 Å². The molecule has 0 saturated heterocycles. The first-order valence-electron chi connectivity index (χ1n) is 11.4. The Kier molecular flexibility index (Phi) is 7.36. The van der Waals surface area contributed by atoms with E-state index in [2.05, 4.69) is 20.8 Å². The van der Waals surface area contributed by atoms with Crippen LogP contribution >= 0.6 is 11.3 Å². The van der Waals surface area contributed by atoms with Crippen LogP contribution in [0.4, 0.5) is 5.82 Å². The standard InChI is InChI=1S/C24H28N6O3S/c1-4-7-20(31)25-11-5-6-12-26-22-23-29-28-16(3)30(23)19-9-8-17(14-18(19)27-22)33-24(32)21-15(2)10-13-34-21/h8-10,13-14H,4-7,11-12H2,1-3H3,(H,25,31)(H,26,27). The molecule has 0 bridgehead atoms. The summed E-state index contributed by atoms with van der Waals surface area (Å²) in [7, 11) is 0. The normalized spacial score (nSPS) is 11.1. The number of benzene rings is 1. The molecule has 3 heterocycles. The molecule has 3 aromatic heterocycles. The van der Waals surface area contributed by atoms with Crippen LogP contribution in [0.3, 0.4) is 0 Å². The number of nitrogens with one attached hydrogen (secondary N) is 2. The third kappa shape index (κ3) is 5.17. The van der Waals surface area contributed by atoms with E-state index >= 15 is 0 Å². The van der Waals surface area contributed by atoms with Gasteiger partial charge in [0.2, 0.25) is 11.6 Å². The molecule has 4 rings (SSSR count). The molecule has 9 nitrogen and oxygen atoms in total. The largest absolute Gasteiger partial charge is 0.422 e. The maximum Gasteiger partial charge on any atom is 0.353 e. The van der Waals surface area contributed by atoms with Gasteiger partial charge in [0.1, 0.15) is 16.5 Å². The van der Waals surface area contributed by atoms with Crippen LogP contribution in [0, 0.1) is 13.8 Å². The minimum absolute atomic E-state index is 0.0954. The molecule has 0 aliphatic carbocycles. The third-order valence-electron chi connectivity index (χ3n) is 5.41. The van der Waals surface area contributed by atoms with Gasteiger partial charge in [-0.05, 0) is 62.3 Å². The number of hydrogen-bond acceptors (Lipinski definition) is 8. The SMILES string of the molecule is CCCC(=O)NCCCCNc1nc2cc(OC(=O)c3sccc3C)ccc2n2c(C)nnc12. The van der Waals surface area contributed by atoms with Crippen molar-refractivity contribution in [1.82, 2.24) is 24.9 Å². The number of amides is 1. The zero-order chi connectivity index (χ0) is 24.1. The van der Waals surface area contributed by atoms with Crippen molar-refractivity contribution in [3.63, 3.8) is 0 Å². The molecule has 0 fully saturated rings. The topological polar surface area (TPSA) is 111 Å². The number of unbranched alkanes of at least 4 members (excludes halogenated alkanes) is 1. The fourth-order valence-corrected chi connectivity index (χ4v) is 4.47. The highest BCUT2D eigenvalue weighted by atomic mass is 32.1. The number of nitrogens with zero attached hydrogens (tertiary/aromatic N) is 4. The van der Waals surface area contributed by atoms with Crippen LogP contribution in [0.25, 0.3) is 16.7 Å². The number of rotatable bonds is 10. The zero-order valence-electron chi connectivity index (χ0n) is 19.6. The average Bonchev–Trinajstić information content (AvgIpc) is 3.42. The van der Waals surface area contributed by atoms with Crippen molar-refractivity contribution < 1.29 is 14.3 Å². The van der Waals surface area contributed by atoms with E-state index in [0.717, 1.165) is 36.2 Å². The molecule has 0 atom stereocenters. The van der Waals surface area contributed by atoms with Crippen LogP contribution in [0.2, 0.25) is 0 Å². The predicted molar refractivity (Wildman–Crippen MR) is 133 cm³/mol. The molecule has 34 heavy (non-hydrogen) atoms. The maximum absolute atomic E-state index is 12.5. The molecule has 1 aromatic carbocycles. The van der Waals surface area contributed by atoms with Gasteiger partial charge >= 0.3 is 5.97 Å². The molecule has 0 spiro atoms. The Hall–Kier alpha value is -3.53. The third-order valence-corrected chi connectivity index (χ3v) is 6.41. The summed E-state index contributed by atoms with van der Waals surface area (Å²) in [5.74, 6) is 1.50. The lowest BCUT2D eigenvalue weighted by atomic mass is 10.2. The Balaban J connectivity index is 1.49.